The summed E-state index contributed by atoms with van der Waals surface area (Å²) in [7, 11) is 3.26. The fourth-order valence-electron chi connectivity index (χ4n) is 3.67. The van der Waals surface area contributed by atoms with Crippen LogP contribution in [0.25, 0.3) is 0 Å². The number of hydrogen-bond acceptors (Lipinski definition) is 5. The number of aliphatic hydroxyl groups excluding tert-OH is 1. The zero-order valence-corrected chi connectivity index (χ0v) is 16.7. The van der Waals surface area contributed by atoms with Gasteiger partial charge in [0.15, 0.2) is 0 Å². The number of aryl methyl sites for hydroxylation is 2. The van der Waals surface area contributed by atoms with E-state index in [1.54, 1.807) is 14.2 Å². The van der Waals surface area contributed by atoms with Crippen LogP contribution in [0, 0.1) is 13.8 Å². The maximum absolute atomic E-state index is 10.8. The van der Waals surface area contributed by atoms with E-state index >= 15 is 0 Å². The average Bonchev–Trinajstić information content (AvgIpc) is 2.70. The van der Waals surface area contributed by atoms with Crippen LogP contribution in [-0.2, 0) is 0 Å². The first-order chi connectivity index (χ1) is 13.0. The Hall–Kier alpha value is -2.24. The van der Waals surface area contributed by atoms with Crippen molar-refractivity contribution in [2.24, 2.45) is 0 Å². The van der Waals surface area contributed by atoms with Crippen LogP contribution < -0.4 is 14.4 Å². The lowest BCUT2D eigenvalue weighted by atomic mass is 10.1. The highest BCUT2D eigenvalue weighted by Crippen LogP contribution is 2.30. The lowest BCUT2D eigenvalue weighted by molar-refractivity contribution is 0.107. The molecular formula is C22H30N2O3. The van der Waals surface area contributed by atoms with E-state index in [4.69, 9.17) is 9.47 Å². The van der Waals surface area contributed by atoms with Crippen LogP contribution in [0.5, 0.6) is 11.5 Å². The predicted molar refractivity (Wildman–Crippen MR) is 109 cm³/mol. The van der Waals surface area contributed by atoms with Crippen LogP contribution in [0.15, 0.2) is 36.4 Å². The number of hydrogen-bond donors (Lipinski definition) is 1. The third-order valence-electron chi connectivity index (χ3n) is 5.30. The van der Waals surface area contributed by atoms with Crippen molar-refractivity contribution in [3.63, 3.8) is 0 Å². The van der Waals surface area contributed by atoms with Gasteiger partial charge in [0.1, 0.15) is 11.5 Å². The second-order valence-electron chi connectivity index (χ2n) is 7.20. The van der Waals surface area contributed by atoms with E-state index in [0.717, 1.165) is 37.5 Å². The van der Waals surface area contributed by atoms with E-state index in [-0.39, 0.29) is 0 Å². The van der Waals surface area contributed by atoms with Crippen LogP contribution in [-0.4, -0.2) is 56.9 Å². The SMILES string of the molecule is COc1ccc(OC)c([C@H](O)CN2CCN(c3cc(C)ccc3C)CC2)c1. The molecule has 1 saturated heterocycles. The van der Waals surface area contributed by atoms with Crippen molar-refractivity contribution >= 4 is 5.69 Å². The molecule has 2 aromatic rings. The number of β-amino-alcohol motifs (C(OH)–C–C–N with tert-alkyl or cyclic N) is 1. The Kier molecular flexibility index (Phi) is 6.24. The Labute approximate surface area is 162 Å². The van der Waals surface area contributed by atoms with E-state index in [1.165, 1.54) is 16.8 Å². The van der Waals surface area contributed by atoms with Crippen LogP contribution in [0.4, 0.5) is 5.69 Å². The van der Waals surface area contributed by atoms with Gasteiger partial charge in [0.05, 0.1) is 20.3 Å². The Bertz CT molecular complexity index is 770. The highest BCUT2D eigenvalue weighted by atomic mass is 16.5. The molecule has 1 atom stereocenters. The largest absolute Gasteiger partial charge is 0.497 e. The quantitative estimate of drug-likeness (QED) is 0.846. The molecule has 1 aliphatic heterocycles. The molecule has 1 N–H and O–H groups in total. The third-order valence-corrected chi connectivity index (χ3v) is 5.30. The molecule has 1 fully saturated rings. The van der Waals surface area contributed by atoms with Crippen LogP contribution in [0.1, 0.15) is 22.8 Å². The minimum atomic E-state index is -0.609. The summed E-state index contributed by atoms with van der Waals surface area (Å²) in [6.45, 7) is 8.67. The molecule has 0 aliphatic carbocycles. The number of rotatable bonds is 6. The molecule has 0 aromatic heterocycles. The van der Waals surface area contributed by atoms with Gasteiger partial charge in [0, 0.05) is 44.0 Å². The Balaban J connectivity index is 1.63. The van der Waals surface area contributed by atoms with Gasteiger partial charge in [-0.1, -0.05) is 12.1 Å². The van der Waals surface area contributed by atoms with Crippen molar-refractivity contribution in [2.45, 2.75) is 20.0 Å². The molecule has 1 aliphatic rings. The molecule has 146 valence electrons. The Morgan fingerprint density at radius 1 is 0.963 bits per heavy atom. The van der Waals surface area contributed by atoms with Gasteiger partial charge in [0.25, 0.3) is 0 Å². The van der Waals surface area contributed by atoms with Gasteiger partial charge in [-0.25, -0.2) is 0 Å². The normalized spacial score (nSPS) is 16.3. The number of ether oxygens (including phenoxy) is 2. The third kappa shape index (κ3) is 4.54. The minimum absolute atomic E-state index is 0.587. The van der Waals surface area contributed by atoms with Gasteiger partial charge >= 0.3 is 0 Å². The lowest BCUT2D eigenvalue weighted by Crippen LogP contribution is -2.47. The highest BCUT2D eigenvalue weighted by molar-refractivity contribution is 5.55. The van der Waals surface area contributed by atoms with E-state index in [2.05, 4.69) is 41.8 Å². The second-order valence-corrected chi connectivity index (χ2v) is 7.20. The first-order valence-electron chi connectivity index (χ1n) is 9.46. The average molecular weight is 370 g/mol. The molecule has 0 amide bonds. The zero-order valence-electron chi connectivity index (χ0n) is 16.7. The minimum Gasteiger partial charge on any atom is -0.497 e. The molecule has 0 unspecified atom stereocenters. The number of aliphatic hydroxyl groups is 1. The zero-order chi connectivity index (χ0) is 19.4. The topological polar surface area (TPSA) is 45.2 Å². The summed E-state index contributed by atoms with van der Waals surface area (Å²) in [5.41, 5.74) is 4.70. The van der Waals surface area contributed by atoms with Crippen molar-refractivity contribution in [3.05, 3.63) is 53.1 Å². The first kappa shape index (κ1) is 19.5. The summed E-state index contributed by atoms with van der Waals surface area (Å²) in [4.78, 5) is 4.75. The van der Waals surface area contributed by atoms with E-state index in [9.17, 15) is 5.11 Å². The molecule has 2 aromatic carbocycles. The number of methoxy groups -OCH3 is 2. The maximum Gasteiger partial charge on any atom is 0.124 e. The standard InChI is InChI=1S/C22H30N2O3/c1-16-5-6-17(2)20(13-16)24-11-9-23(10-12-24)15-21(25)19-14-18(26-3)7-8-22(19)27-4/h5-8,13-14,21,25H,9-12,15H2,1-4H3/t21-/m1/s1. The number of anilines is 1. The van der Waals surface area contributed by atoms with Gasteiger partial charge in [0.2, 0.25) is 0 Å². The first-order valence-corrected chi connectivity index (χ1v) is 9.46. The van der Waals surface area contributed by atoms with Crippen molar-refractivity contribution in [3.8, 4) is 11.5 Å². The molecule has 3 rings (SSSR count). The lowest BCUT2D eigenvalue weighted by Gasteiger charge is -2.37. The van der Waals surface area contributed by atoms with Gasteiger partial charge in [-0.3, -0.25) is 4.90 Å². The second kappa shape index (κ2) is 8.63. The Morgan fingerprint density at radius 3 is 2.37 bits per heavy atom. The molecule has 0 saturated carbocycles. The smallest absolute Gasteiger partial charge is 0.124 e. The van der Waals surface area contributed by atoms with Crippen LogP contribution in [0.2, 0.25) is 0 Å². The summed E-state index contributed by atoms with van der Waals surface area (Å²) < 4.78 is 10.7. The summed E-state index contributed by atoms with van der Waals surface area (Å²) in [5.74, 6) is 1.42. The fourth-order valence-corrected chi connectivity index (χ4v) is 3.67. The van der Waals surface area contributed by atoms with Gasteiger partial charge in [-0.2, -0.15) is 0 Å². The molecule has 1 heterocycles. The summed E-state index contributed by atoms with van der Waals surface area (Å²) in [6.07, 6.45) is -0.609. The fraction of sp³-hybridized carbons (Fsp3) is 0.455. The molecule has 0 spiro atoms. The Morgan fingerprint density at radius 2 is 1.70 bits per heavy atom. The molecule has 0 radical (unpaired) electrons. The monoisotopic (exact) mass is 370 g/mol. The van der Waals surface area contributed by atoms with Crippen LogP contribution >= 0.6 is 0 Å². The maximum atomic E-state index is 10.8. The van der Waals surface area contributed by atoms with Gasteiger partial charge < -0.3 is 19.5 Å². The van der Waals surface area contributed by atoms with E-state index in [1.807, 2.05) is 18.2 Å². The summed E-state index contributed by atoms with van der Waals surface area (Å²) >= 11 is 0. The van der Waals surface area contributed by atoms with E-state index < -0.39 is 6.10 Å². The summed E-state index contributed by atoms with van der Waals surface area (Å²) in [5, 5.41) is 10.8. The van der Waals surface area contributed by atoms with Crippen molar-refractivity contribution in [1.82, 2.24) is 4.90 Å². The predicted octanol–water partition coefficient (Wildman–Crippen LogP) is 3.18. The number of piperazine rings is 1. The molecule has 0 bridgehead atoms. The van der Waals surface area contributed by atoms with Crippen molar-refractivity contribution in [1.29, 1.82) is 0 Å². The molecule has 5 heteroatoms. The number of nitrogens with zero attached hydrogens (tertiary/aromatic N) is 2. The van der Waals surface area contributed by atoms with Crippen molar-refractivity contribution < 1.29 is 14.6 Å². The molecule has 27 heavy (non-hydrogen) atoms. The van der Waals surface area contributed by atoms with Gasteiger partial charge in [-0.15, -0.1) is 0 Å². The molecule has 5 nitrogen and oxygen atoms in total. The number of benzene rings is 2. The van der Waals surface area contributed by atoms with Crippen LogP contribution in [0.3, 0.4) is 0 Å². The highest BCUT2D eigenvalue weighted by Gasteiger charge is 2.23. The van der Waals surface area contributed by atoms with Crippen molar-refractivity contribution in [2.75, 3.05) is 51.8 Å². The van der Waals surface area contributed by atoms with E-state index in [0.29, 0.717) is 12.3 Å². The molecular weight excluding hydrogens is 340 g/mol. The summed E-state index contributed by atoms with van der Waals surface area (Å²) in [6, 6.07) is 12.2. The van der Waals surface area contributed by atoms with Gasteiger partial charge in [-0.05, 0) is 49.2 Å².